The van der Waals surface area contributed by atoms with E-state index >= 15 is 0 Å². The van der Waals surface area contributed by atoms with E-state index in [-0.39, 0.29) is 0 Å². The highest BCUT2D eigenvalue weighted by Gasteiger charge is 2.29. The molecule has 18 heavy (non-hydrogen) atoms. The highest BCUT2D eigenvalue weighted by atomic mass is 16.2. The molecule has 2 atom stereocenters. The second kappa shape index (κ2) is 5.60. The number of hydrogen-bond acceptors (Lipinski definition) is 2. The van der Waals surface area contributed by atoms with Crippen LogP contribution in [0.15, 0.2) is 0 Å². The van der Waals surface area contributed by atoms with Gasteiger partial charge in [0.1, 0.15) is 0 Å². The van der Waals surface area contributed by atoms with Crippen LogP contribution >= 0.6 is 0 Å². The first-order chi connectivity index (χ1) is 8.46. The molecule has 1 aliphatic heterocycles. The lowest BCUT2D eigenvalue weighted by atomic mass is 9.81. The van der Waals surface area contributed by atoms with Crippen molar-refractivity contribution in [2.45, 2.75) is 64.8 Å². The summed E-state index contributed by atoms with van der Waals surface area (Å²) in [6, 6.07) is 0.330. The van der Waals surface area contributed by atoms with Crippen molar-refractivity contribution in [2.75, 3.05) is 13.1 Å². The van der Waals surface area contributed by atoms with Crippen LogP contribution < -0.4 is 5.73 Å². The van der Waals surface area contributed by atoms with Crippen LogP contribution in [0.5, 0.6) is 0 Å². The van der Waals surface area contributed by atoms with Crippen molar-refractivity contribution in [3.05, 3.63) is 0 Å². The third kappa shape index (κ3) is 3.71. The number of nitrogens with two attached hydrogens (primary N) is 1. The summed E-state index contributed by atoms with van der Waals surface area (Å²) in [4.78, 5) is 14.3. The third-order valence-corrected chi connectivity index (χ3v) is 4.76. The van der Waals surface area contributed by atoms with Crippen LogP contribution in [0.2, 0.25) is 0 Å². The predicted molar refractivity (Wildman–Crippen MR) is 74.1 cm³/mol. The summed E-state index contributed by atoms with van der Waals surface area (Å²) < 4.78 is 0. The van der Waals surface area contributed by atoms with Gasteiger partial charge >= 0.3 is 0 Å². The molecule has 3 nitrogen and oxygen atoms in total. The lowest BCUT2D eigenvalue weighted by Gasteiger charge is -2.38. The smallest absolute Gasteiger partial charge is 0.222 e. The summed E-state index contributed by atoms with van der Waals surface area (Å²) in [6.45, 7) is 6.50. The van der Waals surface area contributed by atoms with E-state index in [1.165, 1.54) is 12.8 Å². The Bertz CT molecular complexity index is 291. The Hall–Kier alpha value is -0.570. The van der Waals surface area contributed by atoms with Crippen molar-refractivity contribution in [3.63, 3.8) is 0 Å². The van der Waals surface area contributed by atoms with E-state index in [0.717, 1.165) is 45.2 Å². The van der Waals surface area contributed by atoms with E-state index < -0.39 is 0 Å². The minimum atomic E-state index is 0.330. The molecule has 1 saturated heterocycles. The lowest BCUT2D eigenvalue weighted by Crippen LogP contribution is -2.42. The number of nitrogens with zero attached hydrogens (tertiary/aromatic N) is 1. The molecular weight excluding hydrogens is 224 g/mol. The van der Waals surface area contributed by atoms with Gasteiger partial charge in [0.25, 0.3) is 0 Å². The quantitative estimate of drug-likeness (QED) is 0.821. The molecule has 2 fully saturated rings. The molecule has 2 N–H and O–H groups in total. The van der Waals surface area contributed by atoms with Gasteiger partial charge in [-0.05, 0) is 43.4 Å². The first-order valence-electron chi connectivity index (χ1n) is 7.50. The van der Waals surface area contributed by atoms with Crippen molar-refractivity contribution in [1.82, 2.24) is 4.90 Å². The molecule has 0 aromatic heterocycles. The van der Waals surface area contributed by atoms with Crippen LogP contribution in [-0.2, 0) is 4.79 Å². The molecule has 104 valence electrons. The van der Waals surface area contributed by atoms with Crippen molar-refractivity contribution < 1.29 is 4.79 Å². The molecule has 2 rings (SSSR count). The Morgan fingerprint density at radius 1 is 1.28 bits per heavy atom. The van der Waals surface area contributed by atoms with Gasteiger partial charge in [-0.2, -0.15) is 0 Å². The maximum atomic E-state index is 12.3. The van der Waals surface area contributed by atoms with Gasteiger partial charge < -0.3 is 10.6 Å². The van der Waals surface area contributed by atoms with Gasteiger partial charge in [0.05, 0.1) is 0 Å². The normalized spacial score (nSPS) is 32.3. The fourth-order valence-corrected chi connectivity index (χ4v) is 3.26. The summed E-state index contributed by atoms with van der Waals surface area (Å²) >= 11 is 0. The van der Waals surface area contributed by atoms with E-state index in [1.54, 1.807) is 0 Å². The highest BCUT2D eigenvalue weighted by molar-refractivity contribution is 5.76. The zero-order valence-electron chi connectivity index (χ0n) is 12.0. The second-order valence-corrected chi connectivity index (χ2v) is 7.04. The Balaban J connectivity index is 1.78. The number of amides is 1. The van der Waals surface area contributed by atoms with Crippen LogP contribution in [0.4, 0.5) is 0 Å². The Morgan fingerprint density at radius 2 is 1.94 bits per heavy atom. The minimum Gasteiger partial charge on any atom is -0.343 e. The molecule has 0 spiro atoms. The van der Waals surface area contributed by atoms with Crippen LogP contribution in [0.25, 0.3) is 0 Å². The van der Waals surface area contributed by atoms with E-state index in [4.69, 9.17) is 5.73 Å². The van der Waals surface area contributed by atoms with E-state index in [1.807, 2.05) is 0 Å². The third-order valence-electron chi connectivity index (χ3n) is 4.76. The van der Waals surface area contributed by atoms with E-state index in [0.29, 0.717) is 23.3 Å². The monoisotopic (exact) mass is 252 g/mol. The Labute approximate surface area is 111 Å². The first kappa shape index (κ1) is 13.9. The largest absolute Gasteiger partial charge is 0.343 e. The maximum absolute atomic E-state index is 12.3. The molecule has 0 radical (unpaired) electrons. The fraction of sp³-hybridized carbons (Fsp3) is 0.933. The number of piperidine rings is 1. The Morgan fingerprint density at radius 3 is 2.56 bits per heavy atom. The second-order valence-electron chi connectivity index (χ2n) is 7.04. The summed E-state index contributed by atoms with van der Waals surface area (Å²) in [6.07, 6.45) is 7.60. The molecule has 1 amide bonds. The minimum absolute atomic E-state index is 0.330. The average Bonchev–Trinajstić information content (AvgIpc) is 2.28. The SMILES string of the molecule is CC1(C)CCN(C(=O)CC2CCCC(N)C2)CC1. The van der Waals surface area contributed by atoms with Crippen molar-refractivity contribution in [1.29, 1.82) is 0 Å². The van der Waals surface area contributed by atoms with Gasteiger partial charge in [0.2, 0.25) is 5.91 Å². The van der Waals surface area contributed by atoms with Gasteiger partial charge in [-0.1, -0.05) is 20.3 Å². The summed E-state index contributed by atoms with van der Waals surface area (Å²) in [5.41, 5.74) is 6.41. The van der Waals surface area contributed by atoms with Gasteiger partial charge in [-0.25, -0.2) is 0 Å². The summed E-state index contributed by atoms with van der Waals surface area (Å²) in [5, 5.41) is 0. The molecule has 3 heteroatoms. The lowest BCUT2D eigenvalue weighted by molar-refractivity contribution is -0.134. The van der Waals surface area contributed by atoms with Crippen molar-refractivity contribution in [3.8, 4) is 0 Å². The zero-order valence-corrected chi connectivity index (χ0v) is 12.0. The maximum Gasteiger partial charge on any atom is 0.222 e. The molecule has 0 bridgehead atoms. The molecule has 0 aromatic carbocycles. The number of carbonyl (C=O) groups excluding carboxylic acids is 1. The first-order valence-corrected chi connectivity index (χ1v) is 7.50. The van der Waals surface area contributed by atoms with Crippen molar-refractivity contribution >= 4 is 5.91 Å². The summed E-state index contributed by atoms with van der Waals surface area (Å²) in [5.74, 6) is 0.904. The van der Waals surface area contributed by atoms with E-state index in [2.05, 4.69) is 18.7 Å². The molecule has 0 aromatic rings. The summed E-state index contributed by atoms with van der Waals surface area (Å²) in [7, 11) is 0. The number of hydrogen-bond donors (Lipinski definition) is 1. The average molecular weight is 252 g/mol. The van der Waals surface area contributed by atoms with Crippen LogP contribution in [0.1, 0.15) is 58.8 Å². The zero-order chi connectivity index (χ0) is 13.2. The predicted octanol–water partition coefficient (Wildman–Crippen LogP) is 2.54. The van der Waals surface area contributed by atoms with E-state index in [9.17, 15) is 4.79 Å². The number of likely N-dealkylation sites (tertiary alicyclic amines) is 1. The molecular formula is C15H28N2O. The van der Waals surface area contributed by atoms with Crippen LogP contribution in [-0.4, -0.2) is 29.9 Å². The van der Waals surface area contributed by atoms with Crippen LogP contribution in [0.3, 0.4) is 0 Å². The van der Waals surface area contributed by atoms with Gasteiger partial charge in [-0.3, -0.25) is 4.79 Å². The van der Waals surface area contributed by atoms with Gasteiger partial charge in [0, 0.05) is 25.6 Å². The molecule has 2 unspecified atom stereocenters. The molecule has 2 aliphatic rings. The molecule has 1 aliphatic carbocycles. The Kier molecular flexibility index (Phi) is 4.31. The van der Waals surface area contributed by atoms with Crippen LogP contribution in [0, 0.1) is 11.3 Å². The number of carbonyl (C=O) groups is 1. The highest BCUT2D eigenvalue weighted by Crippen LogP contribution is 2.31. The van der Waals surface area contributed by atoms with Gasteiger partial charge in [0.15, 0.2) is 0 Å². The molecule has 1 heterocycles. The van der Waals surface area contributed by atoms with Gasteiger partial charge in [-0.15, -0.1) is 0 Å². The fourth-order valence-electron chi connectivity index (χ4n) is 3.26. The number of rotatable bonds is 2. The standard InChI is InChI=1S/C15H28N2O/c1-15(2)6-8-17(9-7-15)14(18)11-12-4-3-5-13(16)10-12/h12-13H,3-11,16H2,1-2H3. The molecule has 1 saturated carbocycles. The topological polar surface area (TPSA) is 46.3 Å². The van der Waals surface area contributed by atoms with Crippen molar-refractivity contribution in [2.24, 2.45) is 17.1 Å².